The van der Waals surface area contributed by atoms with Gasteiger partial charge in [-0.3, -0.25) is 24.0 Å². The Morgan fingerprint density at radius 2 is 1.45 bits per heavy atom. The molecule has 2 atom stereocenters. The van der Waals surface area contributed by atoms with Crippen molar-refractivity contribution in [2.45, 2.75) is 51.0 Å². The number of primary amides is 1. The number of ketones is 1. The second kappa shape index (κ2) is 14.7. The van der Waals surface area contributed by atoms with Gasteiger partial charge in [-0.2, -0.15) is 0 Å². The van der Waals surface area contributed by atoms with Crippen LogP contribution in [0.4, 0.5) is 0 Å². The number of rotatable bonds is 16. The smallest absolute Gasteiger partial charge is 0.303 e. The fraction of sp³-hybridized carbons (Fsp3) is 0.300. The maximum absolute atomic E-state index is 12.8. The summed E-state index contributed by atoms with van der Waals surface area (Å²) in [4.78, 5) is 60.2. The molecule has 0 fully saturated rings. The summed E-state index contributed by atoms with van der Waals surface area (Å²) < 4.78 is 0. The Kier molecular flexibility index (Phi) is 11.1. The third-order valence-electron chi connectivity index (χ3n) is 6.51. The number of carboxylic acid groups (broad SMARTS) is 2. The number of benzene rings is 2. The highest BCUT2D eigenvalue weighted by atomic mass is 32.1. The van der Waals surface area contributed by atoms with Crippen molar-refractivity contribution in [2.75, 3.05) is 0 Å². The molecule has 0 unspecified atom stereocenters. The average Bonchev–Trinajstić information content (AvgIpc) is 3.43. The van der Waals surface area contributed by atoms with Crippen LogP contribution in [0.1, 0.15) is 44.1 Å². The van der Waals surface area contributed by atoms with E-state index in [1.54, 1.807) is 11.3 Å². The lowest BCUT2D eigenvalue weighted by Gasteiger charge is -2.19. The van der Waals surface area contributed by atoms with Crippen LogP contribution >= 0.6 is 11.3 Å². The minimum Gasteiger partial charge on any atom is -0.481 e. The molecule has 10 heteroatoms. The van der Waals surface area contributed by atoms with E-state index in [2.05, 4.69) is 28.9 Å². The number of nitrogens with two attached hydrogens (primary N) is 1. The molecule has 1 heterocycles. The number of carbonyl (C=O) groups excluding carboxylic acids is 3. The van der Waals surface area contributed by atoms with Crippen LogP contribution in [-0.4, -0.2) is 45.8 Å². The summed E-state index contributed by atoms with van der Waals surface area (Å²) in [5.74, 6) is -5.08. The molecular weight excluding hydrogens is 532 g/mol. The molecule has 210 valence electrons. The highest BCUT2D eigenvalue weighted by molar-refractivity contribution is 7.14. The first-order valence-electron chi connectivity index (χ1n) is 12.9. The van der Waals surface area contributed by atoms with E-state index in [4.69, 9.17) is 15.9 Å². The van der Waals surface area contributed by atoms with Crippen molar-refractivity contribution in [2.24, 2.45) is 11.7 Å². The highest BCUT2D eigenvalue weighted by Gasteiger charge is 2.27. The summed E-state index contributed by atoms with van der Waals surface area (Å²) in [5, 5.41) is 22.6. The largest absolute Gasteiger partial charge is 0.481 e. The standard InChI is InChI=1S/C30H32N2O7S/c31-30(39)22(11-14-28(35)36)16-25(33)24(12-15-29(37)38)32-27(34)13-8-19-6-9-21(10-7-19)26-17-23(18-40-26)20-4-2-1-3-5-20/h1-7,9-10,17-18,22,24H,8,11-16H2,(H2,31,39)(H,32,34)(H,35,36)(H,37,38)/t22-,24-/m0/s1. The highest BCUT2D eigenvalue weighted by Crippen LogP contribution is 2.32. The number of carboxylic acids is 2. The summed E-state index contributed by atoms with van der Waals surface area (Å²) in [7, 11) is 0. The molecule has 0 aliphatic heterocycles. The number of hydrogen-bond acceptors (Lipinski definition) is 6. The second-order valence-corrected chi connectivity index (χ2v) is 10.4. The Balaban J connectivity index is 1.57. The average molecular weight is 565 g/mol. The zero-order valence-electron chi connectivity index (χ0n) is 21.9. The number of Topliss-reactive ketones (excluding diaryl/α,β-unsaturated/α-hetero) is 1. The fourth-order valence-electron chi connectivity index (χ4n) is 4.24. The maximum Gasteiger partial charge on any atom is 0.303 e. The van der Waals surface area contributed by atoms with E-state index in [0.29, 0.717) is 6.42 Å². The van der Waals surface area contributed by atoms with Crippen LogP contribution in [0.15, 0.2) is 66.0 Å². The maximum atomic E-state index is 12.8. The van der Waals surface area contributed by atoms with E-state index in [1.165, 1.54) is 0 Å². The van der Waals surface area contributed by atoms with Crippen molar-refractivity contribution in [1.29, 1.82) is 0 Å². The Hall–Kier alpha value is -4.31. The summed E-state index contributed by atoms with van der Waals surface area (Å²) in [5.41, 5.74) is 9.61. The number of nitrogens with one attached hydrogen (secondary N) is 1. The zero-order chi connectivity index (χ0) is 29.1. The van der Waals surface area contributed by atoms with Gasteiger partial charge in [0.05, 0.1) is 6.04 Å². The molecule has 1 aromatic heterocycles. The van der Waals surface area contributed by atoms with Crippen molar-refractivity contribution in [3.8, 4) is 21.6 Å². The van der Waals surface area contributed by atoms with Crippen LogP contribution in [0.2, 0.25) is 0 Å². The monoisotopic (exact) mass is 564 g/mol. The van der Waals surface area contributed by atoms with Gasteiger partial charge in [-0.1, -0.05) is 54.6 Å². The predicted molar refractivity (Wildman–Crippen MR) is 151 cm³/mol. The van der Waals surface area contributed by atoms with E-state index in [1.807, 2.05) is 42.5 Å². The summed E-state index contributed by atoms with van der Waals surface area (Å²) in [6.07, 6.45) is -0.852. The molecular formula is C30H32N2O7S. The SMILES string of the molecule is NC(=O)[C@@H](CCC(=O)O)CC(=O)[C@H](CCC(=O)O)NC(=O)CCc1ccc(-c2cc(-c3ccccc3)cs2)cc1. The van der Waals surface area contributed by atoms with Crippen LogP contribution < -0.4 is 11.1 Å². The van der Waals surface area contributed by atoms with Crippen LogP contribution in [0.3, 0.4) is 0 Å². The molecule has 0 aliphatic carbocycles. The van der Waals surface area contributed by atoms with Crippen LogP contribution in [0.5, 0.6) is 0 Å². The molecule has 0 aliphatic rings. The van der Waals surface area contributed by atoms with Gasteiger partial charge in [-0.05, 0) is 53.0 Å². The molecule has 0 saturated heterocycles. The summed E-state index contributed by atoms with van der Waals surface area (Å²) >= 11 is 1.65. The Labute approximate surface area is 236 Å². The van der Waals surface area contributed by atoms with Crippen LogP contribution in [0.25, 0.3) is 21.6 Å². The molecule has 2 aromatic carbocycles. The number of aliphatic carboxylic acids is 2. The van der Waals surface area contributed by atoms with E-state index in [9.17, 15) is 24.0 Å². The minimum absolute atomic E-state index is 0.0750. The van der Waals surface area contributed by atoms with Gasteiger partial charge in [0.2, 0.25) is 11.8 Å². The van der Waals surface area contributed by atoms with Crippen molar-refractivity contribution < 1.29 is 34.2 Å². The molecule has 0 saturated carbocycles. The van der Waals surface area contributed by atoms with E-state index in [0.717, 1.165) is 27.1 Å². The van der Waals surface area contributed by atoms with Crippen molar-refractivity contribution in [3.05, 3.63) is 71.6 Å². The van der Waals surface area contributed by atoms with E-state index in [-0.39, 0.29) is 38.5 Å². The quantitative estimate of drug-likeness (QED) is 0.202. The lowest BCUT2D eigenvalue weighted by atomic mass is 9.92. The van der Waals surface area contributed by atoms with Gasteiger partial charge < -0.3 is 21.3 Å². The molecule has 0 bridgehead atoms. The van der Waals surface area contributed by atoms with Gasteiger partial charge in [0.15, 0.2) is 5.78 Å². The van der Waals surface area contributed by atoms with E-state index >= 15 is 0 Å². The van der Waals surface area contributed by atoms with Crippen LogP contribution in [-0.2, 0) is 30.4 Å². The number of thiophene rings is 1. The van der Waals surface area contributed by atoms with Gasteiger partial charge in [-0.15, -0.1) is 11.3 Å². The topological polar surface area (TPSA) is 164 Å². The summed E-state index contributed by atoms with van der Waals surface area (Å²) in [6, 6.07) is 19.0. The van der Waals surface area contributed by atoms with Crippen LogP contribution in [0, 0.1) is 5.92 Å². The summed E-state index contributed by atoms with van der Waals surface area (Å²) in [6.45, 7) is 0. The fourth-order valence-corrected chi connectivity index (χ4v) is 5.16. The van der Waals surface area contributed by atoms with Gasteiger partial charge in [0.1, 0.15) is 0 Å². The first-order chi connectivity index (χ1) is 19.1. The number of hydrogen-bond donors (Lipinski definition) is 4. The number of aryl methyl sites for hydroxylation is 1. The second-order valence-electron chi connectivity index (χ2n) is 9.52. The molecule has 40 heavy (non-hydrogen) atoms. The van der Waals surface area contributed by atoms with E-state index < -0.39 is 41.5 Å². The lowest BCUT2D eigenvalue weighted by molar-refractivity contribution is -0.139. The minimum atomic E-state index is -1.13. The first kappa shape index (κ1) is 30.2. The predicted octanol–water partition coefficient (Wildman–Crippen LogP) is 4.29. The molecule has 2 amide bonds. The first-order valence-corrected chi connectivity index (χ1v) is 13.8. The Morgan fingerprint density at radius 1 is 0.800 bits per heavy atom. The number of carbonyl (C=O) groups is 5. The Bertz CT molecular complexity index is 1340. The molecule has 3 rings (SSSR count). The van der Waals surface area contributed by atoms with Gasteiger partial charge in [-0.25, -0.2) is 0 Å². The molecule has 0 spiro atoms. The number of amides is 2. The normalized spacial score (nSPS) is 12.3. The molecule has 9 nitrogen and oxygen atoms in total. The third kappa shape index (κ3) is 9.46. The lowest BCUT2D eigenvalue weighted by Crippen LogP contribution is -2.43. The zero-order valence-corrected chi connectivity index (χ0v) is 22.7. The third-order valence-corrected chi connectivity index (χ3v) is 7.49. The molecule has 0 radical (unpaired) electrons. The van der Waals surface area contributed by atoms with Gasteiger partial charge >= 0.3 is 11.9 Å². The Morgan fingerprint density at radius 3 is 2.08 bits per heavy atom. The van der Waals surface area contributed by atoms with Crippen molar-refractivity contribution >= 4 is 40.9 Å². The van der Waals surface area contributed by atoms with Gasteiger partial charge in [0, 0.05) is 36.5 Å². The molecule has 5 N–H and O–H groups in total. The van der Waals surface area contributed by atoms with Crippen molar-refractivity contribution in [3.63, 3.8) is 0 Å². The molecule has 3 aromatic rings. The van der Waals surface area contributed by atoms with Gasteiger partial charge in [0.25, 0.3) is 0 Å². The van der Waals surface area contributed by atoms with Crippen molar-refractivity contribution in [1.82, 2.24) is 5.32 Å².